The summed E-state index contributed by atoms with van der Waals surface area (Å²) in [5.74, 6) is -0.534. The molecule has 0 spiro atoms. The molecule has 0 aliphatic rings. The van der Waals surface area contributed by atoms with Gasteiger partial charge in [-0.3, -0.25) is 4.79 Å². The van der Waals surface area contributed by atoms with Crippen LogP contribution in [-0.2, 0) is 0 Å². The summed E-state index contributed by atoms with van der Waals surface area (Å²) in [7, 11) is 0. The Bertz CT molecular complexity index is 504. The lowest BCUT2D eigenvalue weighted by molar-refractivity contribution is 0.100. The first-order valence-electron chi connectivity index (χ1n) is 4.34. The molecule has 0 radical (unpaired) electrons. The van der Waals surface area contributed by atoms with E-state index in [1.54, 1.807) is 30.3 Å². The minimum Gasteiger partial charge on any atom is -0.366 e. The van der Waals surface area contributed by atoms with Crippen molar-refractivity contribution in [3.05, 3.63) is 41.6 Å². The number of nitrogens with two attached hydrogens (primary N) is 1. The first-order valence-corrected chi connectivity index (χ1v) is 4.34. The topological polar surface area (TPSA) is 103 Å². The third-order valence-electron chi connectivity index (χ3n) is 1.77. The van der Waals surface area contributed by atoms with Crippen molar-refractivity contribution in [2.45, 2.75) is 0 Å². The molecule has 0 heterocycles. The highest BCUT2D eigenvalue weighted by molar-refractivity contribution is 5.93. The third kappa shape index (κ3) is 2.86. The van der Waals surface area contributed by atoms with Gasteiger partial charge in [0.05, 0.1) is 0 Å². The van der Waals surface area contributed by atoms with Crippen LogP contribution in [0.25, 0.3) is 0 Å². The van der Waals surface area contributed by atoms with E-state index in [0.717, 1.165) is 0 Å². The van der Waals surface area contributed by atoms with Crippen molar-refractivity contribution < 1.29 is 4.79 Å². The van der Waals surface area contributed by atoms with E-state index in [1.807, 2.05) is 0 Å². The monoisotopic (exact) mass is 212 g/mol. The van der Waals surface area contributed by atoms with Gasteiger partial charge in [-0.2, -0.15) is 10.5 Å². The molecule has 0 saturated heterocycles. The number of allylic oxidation sites excluding steroid dienone is 1. The molecular formula is C11H8N4O. The second-order valence-corrected chi connectivity index (χ2v) is 2.87. The Labute approximate surface area is 92.4 Å². The fraction of sp³-hybridized carbons (Fsp3) is 0. The third-order valence-corrected chi connectivity index (χ3v) is 1.77. The number of hydrogen-bond donors (Lipinski definition) is 2. The van der Waals surface area contributed by atoms with E-state index in [9.17, 15) is 4.79 Å². The SMILES string of the molecule is N#CC(C#N)=CNc1cccc(C(N)=O)c1. The van der Waals surface area contributed by atoms with Gasteiger partial charge in [-0.05, 0) is 18.2 Å². The molecule has 0 unspecified atom stereocenters. The summed E-state index contributed by atoms with van der Waals surface area (Å²) in [5, 5.41) is 19.7. The predicted octanol–water partition coefficient (Wildman–Crippen LogP) is 1.13. The van der Waals surface area contributed by atoms with Crippen LogP contribution in [0.4, 0.5) is 5.69 Å². The molecule has 5 heteroatoms. The van der Waals surface area contributed by atoms with Crippen LogP contribution in [0, 0.1) is 22.7 Å². The lowest BCUT2D eigenvalue weighted by Gasteiger charge is -2.01. The Hall–Kier alpha value is -2.79. The van der Waals surface area contributed by atoms with E-state index in [0.29, 0.717) is 11.3 Å². The van der Waals surface area contributed by atoms with E-state index < -0.39 is 5.91 Å². The Morgan fingerprint density at radius 1 is 1.38 bits per heavy atom. The molecule has 0 fully saturated rings. The average molecular weight is 212 g/mol. The van der Waals surface area contributed by atoms with Crippen LogP contribution in [0.1, 0.15) is 10.4 Å². The lowest BCUT2D eigenvalue weighted by Crippen LogP contribution is -2.10. The van der Waals surface area contributed by atoms with Gasteiger partial charge in [0.1, 0.15) is 17.7 Å². The zero-order valence-corrected chi connectivity index (χ0v) is 8.27. The normalized spacial score (nSPS) is 8.38. The second-order valence-electron chi connectivity index (χ2n) is 2.87. The summed E-state index contributed by atoms with van der Waals surface area (Å²) in [4.78, 5) is 10.9. The van der Waals surface area contributed by atoms with E-state index in [-0.39, 0.29) is 5.57 Å². The number of nitriles is 2. The molecule has 5 nitrogen and oxygen atoms in total. The van der Waals surface area contributed by atoms with Crippen LogP contribution in [0.2, 0.25) is 0 Å². The standard InChI is InChI=1S/C11H8N4O/c12-5-8(6-13)7-15-10-3-1-2-9(4-10)11(14)16/h1-4,7,15H,(H2,14,16). The molecule has 1 amide bonds. The van der Waals surface area contributed by atoms with Crippen molar-refractivity contribution in [3.63, 3.8) is 0 Å². The average Bonchev–Trinajstić information content (AvgIpc) is 2.31. The quantitative estimate of drug-likeness (QED) is 0.733. The molecule has 0 aliphatic heterocycles. The zero-order valence-electron chi connectivity index (χ0n) is 8.27. The van der Waals surface area contributed by atoms with Crippen LogP contribution in [0.5, 0.6) is 0 Å². The molecule has 0 aliphatic carbocycles. The van der Waals surface area contributed by atoms with Crippen molar-refractivity contribution >= 4 is 11.6 Å². The van der Waals surface area contributed by atoms with Gasteiger partial charge in [-0.15, -0.1) is 0 Å². The van der Waals surface area contributed by atoms with Crippen LogP contribution < -0.4 is 11.1 Å². The van der Waals surface area contributed by atoms with Crippen molar-refractivity contribution in [3.8, 4) is 12.1 Å². The number of amides is 1. The molecule has 0 saturated carbocycles. The van der Waals surface area contributed by atoms with Gasteiger partial charge in [0.15, 0.2) is 0 Å². The van der Waals surface area contributed by atoms with Crippen LogP contribution in [0.3, 0.4) is 0 Å². The number of nitrogens with zero attached hydrogens (tertiary/aromatic N) is 2. The minimum atomic E-state index is -0.534. The number of hydrogen-bond acceptors (Lipinski definition) is 4. The Morgan fingerprint density at radius 2 is 2.06 bits per heavy atom. The summed E-state index contributed by atoms with van der Waals surface area (Å²) >= 11 is 0. The van der Waals surface area contributed by atoms with E-state index in [4.69, 9.17) is 16.3 Å². The van der Waals surface area contributed by atoms with Gasteiger partial charge >= 0.3 is 0 Å². The van der Waals surface area contributed by atoms with Crippen molar-refractivity contribution in [2.24, 2.45) is 5.73 Å². The summed E-state index contributed by atoms with van der Waals surface area (Å²) in [6, 6.07) is 9.86. The Morgan fingerprint density at radius 3 is 2.62 bits per heavy atom. The number of carbonyl (C=O) groups excluding carboxylic acids is 1. The summed E-state index contributed by atoms with van der Waals surface area (Å²) in [6.07, 6.45) is 1.26. The van der Waals surface area contributed by atoms with Crippen molar-refractivity contribution in [1.29, 1.82) is 10.5 Å². The fourth-order valence-electron chi connectivity index (χ4n) is 1.01. The largest absolute Gasteiger partial charge is 0.366 e. The molecule has 16 heavy (non-hydrogen) atoms. The molecule has 0 atom stereocenters. The van der Waals surface area contributed by atoms with Crippen LogP contribution in [0.15, 0.2) is 36.0 Å². The molecule has 78 valence electrons. The first kappa shape index (κ1) is 11.3. The zero-order chi connectivity index (χ0) is 12.0. The minimum absolute atomic E-state index is 0.0514. The lowest BCUT2D eigenvalue weighted by atomic mass is 10.2. The van der Waals surface area contributed by atoms with Gasteiger partial charge in [0.25, 0.3) is 0 Å². The van der Waals surface area contributed by atoms with Gasteiger partial charge in [0.2, 0.25) is 5.91 Å². The number of carbonyl (C=O) groups is 1. The Balaban J connectivity index is 2.88. The van der Waals surface area contributed by atoms with Gasteiger partial charge in [-0.1, -0.05) is 6.07 Å². The van der Waals surface area contributed by atoms with Gasteiger partial charge in [-0.25, -0.2) is 0 Å². The molecule has 0 aromatic heterocycles. The number of primary amides is 1. The highest BCUT2D eigenvalue weighted by Crippen LogP contribution is 2.10. The molecule has 1 aromatic carbocycles. The van der Waals surface area contributed by atoms with E-state index >= 15 is 0 Å². The maximum absolute atomic E-state index is 10.9. The van der Waals surface area contributed by atoms with Crippen LogP contribution in [-0.4, -0.2) is 5.91 Å². The molecule has 3 N–H and O–H groups in total. The molecule has 1 rings (SSSR count). The number of benzene rings is 1. The molecule has 0 bridgehead atoms. The molecular weight excluding hydrogens is 204 g/mol. The van der Waals surface area contributed by atoms with Crippen molar-refractivity contribution in [2.75, 3.05) is 5.32 Å². The van der Waals surface area contributed by atoms with Crippen molar-refractivity contribution in [1.82, 2.24) is 0 Å². The maximum Gasteiger partial charge on any atom is 0.248 e. The van der Waals surface area contributed by atoms with Crippen LogP contribution >= 0.6 is 0 Å². The smallest absolute Gasteiger partial charge is 0.248 e. The first-order chi connectivity index (χ1) is 7.67. The van der Waals surface area contributed by atoms with Gasteiger partial charge < -0.3 is 11.1 Å². The number of anilines is 1. The van der Waals surface area contributed by atoms with E-state index in [2.05, 4.69) is 5.32 Å². The number of nitrogens with one attached hydrogen (secondary N) is 1. The summed E-state index contributed by atoms with van der Waals surface area (Å²) < 4.78 is 0. The van der Waals surface area contributed by atoms with E-state index in [1.165, 1.54) is 12.3 Å². The Kier molecular flexibility index (Phi) is 3.65. The summed E-state index contributed by atoms with van der Waals surface area (Å²) in [6.45, 7) is 0. The maximum atomic E-state index is 10.9. The summed E-state index contributed by atoms with van der Waals surface area (Å²) in [5.41, 5.74) is 5.99. The predicted molar refractivity (Wildman–Crippen MR) is 57.9 cm³/mol. The molecule has 1 aromatic rings. The van der Waals surface area contributed by atoms with Gasteiger partial charge in [0, 0.05) is 17.5 Å². The number of rotatable bonds is 3. The fourth-order valence-corrected chi connectivity index (χ4v) is 1.01. The second kappa shape index (κ2) is 5.18. The highest BCUT2D eigenvalue weighted by Gasteiger charge is 2.00. The highest BCUT2D eigenvalue weighted by atomic mass is 16.1.